The highest BCUT2D eigenvalue weighted by Gasteiger charge is 2.18. The first-order valence-electron chi connectivity index (χ1n) is 5.72. The van der Waals surface area contributed by atoms with Crippen molar-refractivity contribution in [2.75, 3.05) is 24.6 Å². The maximum Gasteiger partial charge on any atom is 0.0722 e. The van der Waals surface area contributed by atoms with Crippen LogP contribution in [0.2, 0.25) is 0 Å². The van der Waals surface area contributed by atoms with Gasteiger partial charge in [0.25, 0.3) is 0 Å². The minimum atomic E-state index is 0.332. The fourth-order valence-electron chi connectivity index (χ4n) is 2.17. The van der Waals surface area contributed by atoms with Crippen molar-refractivity contribution in [1.82, 2.24) is 0 Å². The van der Waals surface area contributed by atoms with E-state index in [4.69, 9.17) is 4.74 Å². The fourth-order valence-corrected chi connectivity index (χ4v) is 2.62. The molecule has 0 aromatic heterocycles. The molecule has 1 unspecified atom stereocenters. The molecule has 1 saturated heterocycles. The second-order valence-corrected chi connectivity index (χ2v) is 4.95. The predicted octanol–water partition coefficient (Wildman–Crippen LogP) is 3.12. The van der Waals surface area contributed by atoms with E-state index in [2.05, 4.69) is 52.9 Å². The molecule has 3 heteroatoms. The number of rotatable bonds is 2. The summed E-state index contributed by atoms with van der Waals surface area (Å²) in [5.41, 5.74) is 4.03. The highest BCUT2D eigenvalue weighted by molar-refractivity contribution is 9.08. The van der Waals surface area contributed by atoms with Crippen LogP contribution in [0.1, 0.15) is 18.1 Å². The van der Waals surface area contributed by atoms with Gasteiger partial charge >= 0.3 is 0 Å². The van der Waals surface area contributed by atoms with Gasteiger partial charge in [0.2, 0.25) is 0 Å². The zero-order chi connectivity index (χ0) is 11.5. The van der Waals surface area contributed by atoms with E-state index in [0.29, 0.717) is 6.10 Å². The maximum atomic E-state index is 5.57. The third-order valence-electron chi connectivity index (χ3n) is 2.96. The van der Waals surface area contributed by atoms with Crippen LogP contribution in [0.25, 0.3) is 0 Å². The molecule has 0 spiro atoms. The molecule has 1 aromatic carbocycles. The normalized spacial score (nSPS) is 21.2. The molecule has 0 amide bonds. The molecule has 1 fully saturated rings. The van der Waals surface area contributed by atoms with Crippen molar-refractivity contribution in [3.05, 3.63) is 29.3 Å². The Balaban J connectivity index is 2.24. The van der Waals surface area contributed by atoms with Crippen molar-refractivity contribution >= 4 is 21.6 Å². The van der Waals surface area contributed by atoms with Gasteiger partial charge in [0, 0.05) is 24.1 Å². The highest BCUT2D eigenvalue weighted by atomic mass is 79.9. The molecule has 88 valence electrons. The smallest absolute Gasteiger partial charge is 0.0722 e. The number of hydrogen-bond acceptors (Lipinski definition) is 2. The van der Waals surface area contributed by atoms with Crippen LogP contribution in [0.5, 0.6) is 0 Å². The number of anilines is 1. The third-order valence-corrected chi connectivity index (χ3v) is 3.56. The van der Waals surface area contributed by atoms with Gasteiger partial charge in [-0.1, -0.05) is 33.6 Å². The summed E-state index contributed by atoms with van der Waals surface area (Å²) in [7, 11) is 0. The summed E-state index contributed by atoms with van der Waals surface area (Å²) in [6.07, 6.45) is 0.332. The molecule has 1 aromatic rings. The first-order chi connectivity index (χ1) is 7.70. The number of halogens is 1. The SMILES string of the molecule is Cc1ccc(N2CCOC(C)C2)c(CBr)c1. The molecule has 0 bridgehead atoms. The van der Waals surface area contributed by atoms with E-state index >= 15 is 0 Å². The number of hydrogen-bond donors (Lipinski definition) is 0. The zero-order valence-electron chi connectivity index (χ0n) is 9.87. The van der Waals surface area contributed by atoms with Crippen LogP contribution in [0, 0.1) is 6.92 Å². The molecule has 2 rings (SSSR count). The summed E-state index contributed by atoms with van der Waals surface area (Å²) in [6.45, 7) is 7.08. The summed E-state index contributed by atoms with van der Waals surface area (Å²) in [5, 5.41) is 0.912. The lowest BCUT2D eigenvalue weighted by Crippen LogP contribution is -2.41. The molecule has 0 saturated carbocycles. The first kappa shape index (κ1) is 11.9. The first-order valence-corrected chi connectivity index (χ1v) is 6.85. The van der Waals surface area contributed by atoms with E-state index in [0.717, 1.165) is 25.0 Å². The van der Waals surface area contributed by atoms with Gasteiger partial charge in [-0.05, 0) is 25.5 Å². The Morgan fingerprint density at radius 2 is 2.31 bits per heavy atom. The largest absolute Gasteiger partial charge is 0.375 e. The lowest BCUT2D eigenvalue weighted by molar-refractivity contribution is 0.0532. The van der Waals surface area contributed by atoms with Crippen molar-refractivity contribution in [2.45, 2.75) is 25.3 Å². The number of ether oxygens (including phenoxy) is 1. The van der Waals surface area contributed by atoms with Crippen LogP contribution in [0.3, 0.4) is 0 Å². The minimum absolute atomic E-state index is 0.332. The van der Waals surface area contributed by atoms with Crippen molar-refractivity contribution < 1.29 is 4.74 Å². The van der Waals surface area contributed by atoms with E-state index in [-0.39, 0.29) is 0 Å². The fraction of sp³-hybridized carbons (Fsp3) is 0.538. The van der Waals surface area contributed by atoms with Gasteiger partial charge in [-0.15, -0.1) is 0 Å². The van der Waals surface area contributed by atoms with Crippen LogP contribution in [-0.4, -0.2) is 25.8 Å². The summed E-state index contributed by atoms with van der Waals surface area (Å²) in [4.78, 5) is 2.42. The molecule has 1 heterocycles. The van der Waals surface area contributed by atoms with Crippen molar-refractivity contribution in [3.63, 3.8) is 0 Å². The Bertz CT molecular complexity index is 367. The average Bonchev–Trinajstić information content (AvgIpc) is 2.28. The van der Waals surface area contributed by atoms with E-state index in [1.165, 1.54) is 16.8 Å². The van der Waals surface area contributed by atoms with Gasteiger partial charge in [0.05, 0.1) is 12.7 Å². The van der Waals surface area contributed by atoms with Crippen LogP contribution in [0.15, 0.2) is 18.2 Å². The Morgan fingerprint density at radius 1 is 1.50 bits per heavy atom. The average molecular weight is 284 g/mol. The van der Waals surface area contributed by atoms with Gasteiger partial charge in [0.15, 0.2) is 0 Å². The second-order valence-electron chi connectivity index (χ2n) is 4.39. The van der Waals surface area contributed by atoms with Gasteiger partial charge in [-0.2, -0.15) is 0 Å². The number of aryl methyl sites for hydroxylation is 1. The van der Waals surface area contributed by atoms with E-state index in [1.807, 2.05) is 0 Å². The molecule has 1 aliphatic rings. The highest BCUT2D eigenvalue weighted by Crippen LogP contribution is 2.25. The molecule has 0 radical (unpaired) electrons. The van der Waals surface area contributed by atoms with Gasteiger partial charge < -0.3 is 9.64 Å². The van der Waals surface area contributed by atoms with E-state index in [1.54, 1.807) is 0 Å². The van der Waals surface area contributed by atoms with Crippen molar-refractivity contribution in [2.24, 2.45) is 0 Å². The quantitative estimate of drug-likeness (QED) is 0.774. The van der Waals surface area contributed by atoms with Crippen LogP contribution in [0.4, 0.5) is 5.69 Å². The second kappa shape index (κ2) is 5.19. The third kappa shape index (κ3) is 2.58. The Hall–Kier alpha value is -0.540. The summed E-state index contributed by atoms with van der Waals surface area (Å²) < 4.78 is 5.57. The Kier molecular flexibility index (Phi) is 3.87. The van der Waals surface area contributed by atoms with E-state index < -0.39 is 0 Å². The summed E-state index contributed by atoms with van der Waals surface area (Å²) in [5.74, 6) is 0. The Morgan fingerprint density at radius 3 is 3.00 bits per heavy atom. The standard InChI is InChI=1S/C13H18BrNO/c1-10-3-4-13(12(7-10)8-14)15-5-6-16-11(2)9-15/h3-4,7,11H,5-6,8-9H2,1-2H3. The molecular formula is C13H18BrNO. The predicted molar refractivity (Wildman–Crippen MR) is 71.4 cm³/mol. The van der Waals surface area contributed by atoms with E-state index in [9.17, 15) is 0 Å². The summed E-state index contributed by atoms with van der Waals surface area (Å²) in [6, 6.07) is 6.66. The van der Waals surface area contributed by atoms with Gasteiger partial charge in [0.1, 0.15) is 0 Å². The molecule has 0 aliphatic carbocycles. The van der Waals surface area contributed by atoms with Crippen molar-refractivity contribution in [1.29, 1.82) is 0 Å². The maximum absolute atomic E-state index is 5.57. The zero-order valence-corrected chi connectivity index (χ0v) is 11.5. The van der Waals surface area contributed by atoms with Crippen molar-refractivity contribution in [3.8, 4) is 0 Å². The number of morpholine rings is 1. The monoisotopic (exact) mass is 283 g/mol. The van der Waals surface area contributed by atoms with Crippen LogP contribution in [-0.2, 0) is 10.1 Å². The number of nitrogens with zero attached hydrogens (tertiary/aromatic N) is 1. The molecule has 0 N–H and O–H groups in total. The lowest BCUT2D eigenvalue weighted by Gasteiger charge is -2.34. The van der Waals surface area contributed by atoms with Crippen LogP contribution < -0.4 is 4.90 Å². The molecular weight excluding hydrogens is 266 g/mol. The topological polar surface area (TPSA) is 12.5 Å². The molecule has 2 nitrogen and oxygen atoms in total. The Labute approximate surface area is 106 Å². The number of alkyl halides is 1. The lowest BCUT2D eigenvalue weighted by atomic mass is 10.1. The van der Waals surface area contributed by atoms with Gasteiger partial charge in [-0.3, -0.25) is 0 Å². The molecule has 16 heavy (non-hydrogen) atoms. The summed E-state index contributed by atoms with van der Waals surface area (Å²) >= 11 is 3.57. The number of benzene rings is 1. The van der Waals surface area contributed by atoms with Gasteiger partial charge in [-0.25, -0.2) is 0 Å². The molecule has 1 aliphatic heterocycles. The van der Waals surface area contributed by atoms with Crippen LogP contribution >= 0.6 is 15.9 Å². The minimum Gasteiger partial charge on any atom is -0.375 e. The molecule has 1 atom stereocenters.